The second-order valence-electron chi connectivity index (χ2n) is 3.87. The van der Waals surface area contributed by atoms with E-state index in [0.29, 0.717) is 0 Å². The summed E-state index contributed by atoms with van der Waals surface area (Å²) in [4.78, 5) is 22.5. The van der Waals surface area contributed by atoms with Crippen molar-refractivity contribution in [2.75, 3.05) is 19.8 Å². The molecule has 1 aromatic carbocycles. The number of hydrogen-bond donors (Lipinski definition) is 1. The number of ether oxygens (including phenoxy) is 2. The van der Waals surface area contributed by atoms with E-state index in [1.807, 2.05) is 0 Å². The summed E-state index contributed by atoms with van der Waals surface area (Å²) in [6.45, 7) is 3.26. The topological polar surface area (TPSA) is 98.8 Å². The molecule has 116 valence electrons. The molecule has 1 N–H and O–H groups in total. The van der Waals surface area contributed by atoms with Crippen molar-refractivity contribution in [3.63, 3.8) is 0 Å². The summed E-state index contributed by atoms with van der Waals surface area (Å²) in [5.41, 5.74) is 0.251. The van der Waals surface area contributed by atoms with Crippen LogP contribution >= 0.6 is 0 Å². The highest BCUT2D eigenvalue weighted by atomic mass is 32.2. The first-order valence-corrected chi connectivity index (χ1v) is 7.81. The maximum atomic E-state index is 11.9. The average Bonchev–Trinajstić information content (AvgIpc) is 2.46. The van der Waals surface area contributed by atoms with Gasteiger partial charge in [-0.05, 0) is 38.1 Å². The van der Waals surface area contributed by atoms with Gasteiger partial charge in [-0.15, -0.1) is 0 Å². The molecule has 0 radical (unpaired) electrons. The fraction of sp³-hybridized carbons (Fsp3) is 0.385. The Morgan fingerprint density at radius 3 is 2.14 bits per heavy atom. The third-order valence-corrected chi connectivity index (χ3v) is 3.80. The van der Waals surface area contributed by atoms with Crippen molar-refractivity contribution < 1.29 is 27.5 Å². The highest BCUT2D eigenvalue weighted by molar-refractivity contribution is 7.89. The van der Waals surface area contributed by atoms with E-state index in [1.54, 1.807) is 13.8 Å². The third kappa shape index (κ3) is 5.16. The zero-order valence-electron chi connectivity index (χ0n) is 11.8. The average molecular weight is 315 g/mol. The monoisotopic (exact) mass is 315 g/mol. The number of hydrogen-bond acceptors (Lipinski definition) is 6. The largest absolute Gasteiger partial charge is 0.465 e. The standard InChI is InChI=1S/C13H17NO6S/c1-3-19-12(15)9-14-21(17,18)11-7-5-10(6-8-11)13(16)20-4-2/h5-8,14H,3-4,9H2,1-2H3. The van der Waals surface area contributed by atoms with Crippen molar-refractivity contribution in [1.82, 2.24) is 4.72 Å². The highest BCUT2D eigenvalue weighted by Crippen LogP contribution is 2.11. The minimum atomic E-state index is -3.83. The van der Waals surface area contributed by atoms with Crippen LogP contribution in [0.15, 0.2) is 29.2 Å². The van der Waals surface area contributed by atoms with Gasteiger partial charge in [0, 0.05) is 0 Å². The second-order valence-corrected chi connectivity index (χ2v) is 5.64. The molecule has 0 aromatic heterocycles. The first-order valence-electron chi connectivity index (χ1n) is 6.33. The number of nitrogens with one attached hydrogen (secondary N) is 1. The van der Waals surface area contributed by atoms with E-state index in [1.165, 1.54) is 24.3 Å². The van der Waals surface area contributed by atoms with Crippen LogP contribution in [0.4, 0.5) is 0 Å². The molecule has 0 saturated carbocycles. The first kappa shape index (κ1) is 17.1. The number of benzene rings is 1. The molecule has 0 unspecified atom stereocenters. The fourth-order valence-corrected chi connectivity index (χ4v) is 2.40. The van der Waals surface area contributed by atoms with Crippen LogP contribution in [0.1, 0.15) is 24.2 Å². The summed E-state index contributed by atoms with van der Waals surface area (Å²) in [6, 6.07) is 5.22. The van der Waals surface area contributed by atoms with Gasteiger partial charge in [0.1, 0.15) is 6.54 Å². The van der Waals surface area contributed by atoms with Crippen LogP contribution in [0, 0.1) is 0 Å². The van der Waals surface area contributed by atoms with Gasteiger partial charge in [0.15, 0.2) is 0 Å². The molecule has 8 heteroatoms. The number of carbonyl (C=O) groups excluding carboxylic acids is 2. The van der Waals surface area contributed by atoms with Crippen molar-refractivity contribution in [2.45, 2.75) is 18.7 Å². The van der Waals surface area contributed by atoms with Crippen LogP contribution in [0.5, 0.6) is 0 Å². The maximum Gasteiger partial charge on any atom is 0.338 e. The fourth-order valence-electron chi connectivity index (χ4n) is 1.43. The predicted molar refractivity (Wildman–Crippen MR) is 74.2 cm³/mol. The molecule has 0 aliphatic rings. The van der Waals surface area contributed by atoms with Gasteiger partial charge in [-0.2, -0.15) is 4.72 Å². The number of esters is 2. The summed E-state index contributed by atoms with van der Waals surface area (Å²) < 4.78 is 35.4. The van der Waals surface area contributed by atoms with Crippen LogP contribution in [0.25, 0.3) is 0 Å². The molecule has 0 heterocycles. The normalized spacial score (nSPS) is 11.0. The van der Waals surface area contributed by atoms with Gasteiger partial charge in [-0.1, -0.05) is 0 Å². The van der Waals surface area contributed by atoms with Crippen molar-refractivity contribution in [1.29, 1.82) is 0 Å². The lowest BCUT2D eigenvalue weighted by Crippen LogP contribution is -2.30. The van der Waals surface area contributed by atoms with Gasteiger partial charge >= 0.3 is 11.9 Å². The predicted octanol–water partition coefficient (Wildman–Crippen LogP) is 0.705. The van der Waals surface area contributed by atoms with Gasteiger partial charge in [-0.25, -0.2) is 13.2 Å². The van der Waals surface area contributed by atoms with Gasteiger partial charge in [0.2, 0.25) is 10.0 Å². The minimum absolute atomic E-state index is 0.0557. The Bertz CT molecular complexity index is 594. The van der Waals surface area contributed by atoms with E-state index >= 15 is 0 Å². The van der Waals surface area contributed by atoms with Crippen LogP contribution in [0.3, 0.4) is 0 Å². The quantitative estimate of drug-likeness (QED) is 0.744. The Hall–Kier alpha value is -1.93. The molecule has 0 fully saturated rings. The van der Waals surface area contributed by atoms with E-state index in [9.17, 15) is 18.0 Å². The minimum Gasteiger partial charge on any atom is -0.465 e. The lowest BCUT2D eigenvalue weighted by Gasteiger charge is -2.07. The lowest BCUT2D eigenvalue weighted by atomic mass is 10.2. The molecule has 1 rings (SSSR count). The van der Waals surface area contributed by atoms with Crippen LogP contribution in [0.2, 0.25) is 0 Å². The smallest absolute Gasteiger partial charge is 0.338 e. The van der Waals surface area contributed by atoms with Crippen molar-refractivity contribution in [3.05, 3.63) is 29.8 Å². The number of sulfonamides is 1. The Morgan fingerprint density at radius 2 is 1.62 bits per heavy atom. The molecule has 0 saturated heterocycles. The third-order valence-electron chi connectivity index (χ3n) is 2.39. The SMILES string of the molecule is CCOC(=O)CNS(=O)(=O)c1ccc(C(=O)OCC)cc1. The summed E-state index contributed by atoms with van der Waals surface area (Å²) >= 11 is 0. The van der Waals surface area contributed by atoms with Crippen LogP contribution < -0.4 is 4.72 Å². The van der Waals surface area contributed by atoms with Gasteiger partial charge in [0.05, 0.1) is 23.7 Å². The Labute approximate surface area is 123 Å². The Balaban J connectivity index is 2.76. The van der Waals surface area contributed by atoms with E-state index < -0.39 is 28.5 Å². The molecule has 7 nitrogen and oxygen atoms in total. The van der Waals surface area contributed by atoms with E-state index in [4.69, 9.17) is 4.74 Å². The second kappa shape index (κ2) is 7.75. The first-order chi connectivity index (χ1) is 9.90. The molecule has 0 spiro atoms. The van der Waals surface area contributed by atoms with Gasteiger partial charge in [-0.3, -0.25) is 4.79 Å². The molecular formula is C13H17NO6S. The van der Waals surface area contributed by atoms with Crippen molar-refractivity contribution >= 4 is 22.0 Å². The molecule has 0 amide bonds. The van der Waals surface area contributed by atoms with E-state index in [0.717, 1.165) is 0 Å². The highest BCUT2D eigenvalue weighted by Gasteiger charge is 2.16. The lowest BCUT2D eigenvalue weighted by molar-refractivity contribution is -0.141. The molecule has 21 heavy (non-hydrogen) atoms. The summed E-state index contributed by atoms with van der Waals surface area (Å²) in [7, 11) is -3.83. The molecule has 0 atom stereocenters. The maximum absolute atomic E-state index is 11.9. The molecule has 0 aliphatic heterocycles. The van der Waals surface area contributed by atoms with Gasteiger partial charge < -0.3 is 9.47 Å². The summed E-state index contributed by atoms with van der Waals surface area (Å²) in [5, 5.41) is 0. The van der Waals surface area contributed by atoms with E-state index in [2.05, 4.69) is 9.46 Å². The zero-order valence-corrected chi connectivity index (χ0v) is 12.6. The summed E-state index contributed by atoms with van der Waals surface area (Å²) in [5.74, 6) is -1.19. The van der Waals surface area contributed by atoms with Crippen LogP contribution in [-0.4, -0.2) is 40.1 Å². The molecular weight excluding hydrogens is 298 g/mol. The van der Waals surface area contributed by atoms with Gasteiger partial charge in [0.25, 0.3) is 0 Å². The number of carbonyl (C=O) groups is 2. The van der Waals surface area contributed by atoms with Crippen molar-refractivity contribution in [2.24, 2.45) is 0 Å². The Kier molecular flexibility index (Phi) is 6.32. The van der Waals surface area contributed by atoms with Crippen molar-refractivity contribution in [3.8, 4) is 0 Å². The Morgan fingerprint density at radius 1 is 1.05 bits per heavy atom. The zero-order chi connectivity index (χ0) is 15.9. The molecule has 0 bridgehead atoms. The summed E-state index contributed by atoms with van der Waals surface area (Å²) in [6.07, 6.45) is 0. The molecule has 1 aromatic rings. The number of rotatable bonds is 7. The van der Waals surface area contributed by atoms with Crippen LogP contribution in [-0.2, 0) is 24.3 Å². The van der Waals surface area contributed by atoms with E-state index in [-0.39, 0.29) is 23.7 Å². The molecule has 0 aliphatic carbocycles.